The van der Waals surface area contributed by atoms with Crippen LogP contribution in [0.3, 0.4) is 0 Å². The zero-order valence-electron chi connectivity index (χ0n) is 10.2. The minimum Gasteiger partial charge on any atom is -0.465 e. The topological polar surface area (TPSA) is 78.8 Å². The van der Waals surface area contributed by atoms with Gasteiger partial charge in [0.15, 0.2) is 0 Å². The first-order valence-electron chi connectivity index (χ1n) is 5.40. The van der Waals surface area contributed by atoms with Gasteiger partial charge in [-0.15, -0.1) is 0 Å². The Bertz CT molecular complexity index is 436. The predicted molar refractivity (Wildman–Crippen MR) is 71.8 cm³/mol. The van der Waals surface area contributed by atoms with Crippen molar-refractivity contribution in [3.63, 3.8) is 0 Å². The van der Waals surface area contributed by atoms with Crippen LogP contribution in [-0.4, -0.2) is 42.5 Å². The zero-order valence-corrected chi connectivity index (χ0v) is 11.8. The van der Waals surface area contributed by atoms with Crippen molar-refractivity contribution in [2.45, 2.75) is 13.0 Å². The lowest BCUT2D eigenvalue weighted by atomic mass is 10.1. The van der Waals surface area contributed by atoms with Crippen LogP contribution < -0.4 is 5.32 Å². The fraction of sp³-hybridized carbons (Fsp3) is 0.417. The molecule has 0 heterocycles. The number of aliphatic hydroxyl groups is 2. The van der Waals surface area contributed by atoms with E-state index in [0.717, 1.165) is 10.0 Å². The minimum absolute atomic E-state index is 0.203. The van der Waals surface area contributed by atoms with Gasteiger partial charge in [-0.1, -0.05) is 15.9 Å². The van der Waals surface area contributed by atoms with Crippen LogP contribution in [0.1, 0.15) is 15.9 Å². The zero-order chi connectivity index (χ0) is 13.7. The van der Waals surface area contributed by atoms with E-state index in [0.29, 0.717) is 11.3 Å². The normalized spacial score (nSPS) is 12.1. The Balaban J connectivity index is 2.98. The van der Waals surface area contributed by atoms with Crippen LogP contribution in [0.2, 0.25) is 0 Å². The molecule has 6 heteroatoms. The molecule has 18 heavy (non-hydrogen) atoms. The number of esters is 1. The van der Waals surface area contributed by atoms with Crippen molar-refractivity contribution in [1.29, 1.82) is 0 Å². The van der Waals surface area contributed by atoms with Gasteiger partial charge in [-0.2, -0.15) is 0 Å². The van der Waals surface area contributed by atoms with Crippen LogP contribution in [0, 0.1) is 6.92 Å². The van der Waals surface area contributed by atoms with Gasteiger partial charge in [-0.3, -0.25) is 0 Å². The summed E-state index contributed by atoms with van der Waals surface area (Å²) in [5, 5.41) is 21.0. The van der Waals surface area contributed by atoms with Gasteiger partial charge in [0, 0.05) is 16.7 Å². The van der Waals surface area contributed by atoms with Gasteiger partial charge in [-0.25, -0.2) is 4.79 Å². The molecule has 0 fully saturated rings. The fourth-order valence-electron chi connectivity index (χ4n) is 1.48. The summed E-state index contributed by atoms with van der Waals surface area (Å²) < 4.78 is 5.43. The second-order valence-electron chi connectivity index (χ2n) is 3.83. The van der Waals surface area contributed by atoms with Gasteiger partial charge >= 0.3 is 5.97 Å². The van der Waals surface area contributed by atoms with E-state index in [9.17, 15) is 9.90 Å². The second kappa shape index (κ2) is 6.72. The van der Waals surface area contributed by atoms with Crippen LogP contribution >= 0.6 is 15.9 Å². The minimum atomic E-state index is -0.843. The molecule has 0 bridgehead atoms. The highest BCUT2D eigenvalue weighted by molar-refractivity contribution is 9.10. The molecule has 0 spiro atoms. The SMILES string of the molecule is COC(=O)c1cc(Br)cc(NCC(O)CO)c1C. The molecule has 0 aliphatic heterocycles. The Morgan fingerprint density at radius 3 is 2.78 bits per heavy atom. The van der Waals surface area contributed by atoms with Gasteiger partial charge < -0.3 is 20.3 Å². The number of hydrogen-bond acceptors (Lipinski definition) is 5. The van der Waals surface area contributed by atoms with E-state index >= 15 is 0 Å². The average molecular weight is 318 g/mol. The Morgan fingerprint density at radius 2 is 2.22 bits per heavy atom. The van der Waals surface area contributed by atoms with Crippen molar-refractivity contribution < 1.29 is 19.7 Å². The third-order valence-corrected chi connectivity index (χ3v) is 2.97. The van der Waals surface area contributed by atoms with Gasteiger partial charge in [0.2, 0.25) is 0 Å². The van der Waals surface area contributed by atoms with Crippen LogP contribution in [0.15, 0.2) is 16.6 Å². The molecule has 0 aliphatic carbocycles. The van der Waals surface area contributed by atoms with Crippen molar-refractivity contribution in [2.24, 2.45) is 0 Å². The van der Waals surface area contributed by atoms with E-state index in [1.165, 1.54) is 7.11 Å². The maximum absolute atomic E-state index is 11.6. The van der Waals surface area contributed by atoms with Gasteiger partial charge in [-0.05, 0) is 24.6 Å². The molecule has 0 aliphatic rings. The smallest absolute Gasteiger partial charge is 0.338 e. The van der Waals surface area contributed by atoms with Crippen molar-refractivity contribution >= 4 is 27.6 Å². The third-order valence-electron chi connectivity index (χ3n) is 2.52. The molecular weight excluding hydrogens is 302 g/mol. The maximum Gasteiger partial charge on any atom is 0.338 e. The van der Waals surface area contributed by atoms with E-state index in [4.69, 9.17) is 9.84 Å². The van der Waals surface area contributed by atoms with Crippen LogP contribution in [-0.2, 0) is 4.74 Å². The number of ether oxygens (including phenoxy) is 1. The van der Waals surface area contributed by atoms with Gasteiger partial charge in [0.25, 0.3) is 0 Å². The third kappa shape index (κ3) is 3.69. The van der Waals surface area contributed by atoms with Crippen LogP contribution in [0.4, 0.5) is 5.69 Å². The Hall–Kier alpha value is -1.11. The standard InChI is InChI=1S/C12H16BrNO4/c1-7-10(12(17)18-2)3-8(13)4-11(7)14-5-9(16)6-15/h3-4,9,14-16H,5-6H2,1-2H3. The largest absolute Gasteiger partial charge is 0.465 e. The molecule has 1 unspecified atom stereocenters. The van der Waals surface area contributed by atoms with Crippen LogP contribution in [0.25, 0.3) is 0 Å². The molecule has 100 valence electrons. The number of benzene rings is 1. The van der Waals surface area contributed by atoms with Crippen molar-refractivity contribution in [3.8, 4) is 0 Å². The summed E-state index contributed by atoms with van der Waals surface area (Å²) in [6.45, 7) is 1.67. The maximum atomic E-state index is 11.6. The summed E-state index contributed by atoms with van der Waals surface area (Å²) in [5.74, 6) is -0.417. The Labute approximate surface area is 114 Å². The number of rotatable bonds is 5. The van der Waals surface area contributed by atoms with E-state index in [1.54, 1.807) is 19.1 Å². The van der Waals surface area contributed by atoms with Crippen molar-refractivity contribution in [1.82, 2.24) is 0 Å². The average Bonchev–Trinajstić information content (AvgIpc) is 2.37. The summed E-state index contributed by atoms with van der Waals surface area (Å²) >= 11 is 3.31. The number of carbonyl (C=O) groups is 1. The van der Waals surface area contributed by atoms with Crippen LogP contribution in [0.5, 0.6) is 0 Å². The molecule has 1 aromatic rings. The molecule has 1 atom stereocenters. The molecule has 1 aromatic carbocycles. The summed E-state index contributed by atoms with van der Waals surface area (Å²) in [5.41, 5.74) is 1.89. The molecular formula is C12H16BrNO4. The molecule has 3 N–H and O–H groups in total. The summed E-state index contributed by atoms with van der Waals surface area (Å²) in [7, 11) is 1.32. The molecule has 0 saturated heterocycles. The molecule has 5 nitrogen and oxygen atoms in total. The number of aliphatic hydroxyl groups excluding tert-OH is 2. The lowest BCUT2D eigenvalue weighted by Gasteiger charge is -2.15. The van der Waals surface area contributed by atoms with Crippen molar-refractivity contribution in [3.05, 3.63) is 27.7 Å². The molecule has 0 aromatic heterocycles. The summed E-state index contributed by atoms with van der Waals surface area (Å²) in [4.78, 5) is 11.6. The number of carbonyl (C=O) groups excluding carboxylic acids is 1. The monoisotopic (exact) mass is 317 g/mol. The summed E-state index contributed by atoms with van der Waals surface area (Å²) in [6, 6.07) is 3.47. The number of hydrogen-bond donors (Lipinski definition) is 3. The van der Waals surface area contributed by atoms with E-state index in [2.05, 4.69) is 21.2 Å². The number of halogens is 1. The molecule has 0 amide bonds. The highest BCUT2D eigenvalue weighted by atomic mass is 79.9. The lowest BCUT2D eigenvalue weighted by molar-refractivity contribution is 0.0600. The fourth-order valence-corrected chi connectivity index (χ4v) is 1.93. The second-order valence-corrected chi connectivity index (χ2v) is 4.75. The van der Waals surface area contributed by atoms with E-state index < -0.39 is 12.1 Å². The predicted octanol–water partition coefficient (Wildman–Crippen LogP) is 1.31. The number of anilines is 1. The number of methoxy groups -OCH3 is 1. The Morgan fingerprint density at radius 1 is 1.56 bits per heavy atom. The Kier molecular flexibility index (Phi) is 5.58. The first-order valence-corrected chi connectivity index (χ1v) is 6.20. The molecule has 1 rings (SSSR count). The van der Waals surface area contributed by atoms with E-state index in [-0.39, 0.29) is 13.2 Å². The summed E-state index contributed by atoms with van der Waals surface area (Å²) in [6.07, 6.45) is -0.843. The highest BCUT2D eigenvalue weighted by Gasteiger charge is 2.14. The molecule has 0 saturated carbocycles. The quantitative estimate of drug-likeness (QED) is 0.714. The first-order chi connectivity index (χ1) is 8.49. The van der Waals surface area contributed by atoms with Gasteiger partial charge in [0.1, 0.15) is 0 Å². The number of nitrogens with one attached hydrogen (secondary N) is 1. The highest BCUT2D eigenvalue weighted by Crippen LogP contribution is 2.25. The van der Waals surface area contributed by atoms with Gasteiger partial charge in [0.05, 0.1) is 25.4 Å². The van der Waals surface area contributed by atoms with Crippen molar-refractivity contribution in [2.75, 3.05) is 25.6 Å². The molecule has 0 radical (unpaired) electrons. The van der Waals surface area contributed by atoms with E-state index in [1.807, 2.05) is 0 Å². The lowest BCUT2D eigenvalue weighted by Crippen LogP contribution is -2.23. The first kappa shape index (κ1) is 14.9.